The van der Waals surface area contributed by atoms with Crippen LogP contribution in [0.1, 0.15) is 11.1 Å². The summed E-state index contributed by atoms with van der Waals surface area (Å²) >= 11 is 0. The van der Waals surface area contributed by atoms with E-state index in [1.165, 1.54) is 0 Å². The summed E-state index contributed by atoms with van der Waals surface area (Å²) in [7, 11) is 0. The Hall–Kier alpha value is -3.99. The Bertz CT molecular complexity index is 1260. The van der Waals surface area contributed by atoms with E-state index in [1.54, 1.807) is 0 Å². The summed E-state index contributed by atoms with van der Waals surface area (Å²) in [6.45, 7) is 0. The molecule has 0 atom stereocenters. The van der Waals surface area contributed by atoms with Crippen LogP contribution < -0.4 is 10.6 Å². The Labute approximate surface area is 179 Å². The lowest BCUT2D eigenvalue weighted by molar-refractivity contribution is -0.144. The van der Waals surface area contributed by atoms with Crippen LogP contribution >= 0.6 is 0 Å². The molecular weight excluding hydrogens is 388 g/mol. The van der Waals surface area contributed by atoms with E-state index in [9.17, 15) is 14.4 Å². The predicted molar refractivity (Wildman–Crippen MR) is 119 cm³/mol. The second-order valence-electron chi connectivity index (χ2n) is 8.04. The van der Waals surface area contributed by atoms with Gasteiger partial charge in [-0.3, -0.25) is 20.2 Å². The molecule has 2 N–H and O–H groups in total. The smallest absolute Gasteiger partial charge is 0.277 e. The number of amides is 4. The monoisotopic (exact) mass is 408 g/mol. The molecule has 0 unspecified atom stereocenters. The highest BCUT2D eigenvalue weighted by molar-refractivity contribution is 6.19. The summed E-state index contributed by atoms with van der Waals surface area (Å²) < 4.78 is 0. The molecule has 0 bridgehead atoms. The SMILES string of the molecule is O=C1NC(=O)C(Cc2ccc3ccccc3c2)(Cc2ccc3ccccc3c2)C(=O)N1. The molecule has 31 heavy (non-hydrogen) atoms. The van der Waals surface area contributed by atoms with Crippen molar-refractivity contribution in [3.05, 3.63) is 96.1 Å². The number of benzene rings is 4. The predicted octanol–water partition coefficient (Wildman–Crippen LogP) is 4.13. The fourth-order valence-corrected chi connectivity index (χ4v) is 4.36. The fraction of sp³-hybridized carbons (Fsp3) is 0.115. The number of urea groups is 1. The standard InChI is InChI=1S/C26H20N2O3/c29-23-26(24(30)28-25(31)27-23,15-17-9-11-19-5-1-3-7-21(19)13-17)16-18-10-12-20-6-2-4-8-22(20)14-18/h1-14H,15-16H2,(H2,27,28,29,30,31). The summed E-state index contributed by atoms with van der Waals surface area (Å²) in [5, 5.41) is 8.85. The summed E-state index contributed by atoms with van der Waals surface area (Å²) in [4.78, 5) is 37.9. The number of barbiturate groups is 1. The first-order chi connectivity index (χ1) is 15.0. The number of imide groups is 2. The van der Waals surface area contributed by atoms with E-state index >= 15 is 0 Å². The summed E-state index contributed by atoms with van der Waals surface area (Å²) in [6, 6.07) is 26.9. The minimum absolute atomic E-state index is 0.190. The van der Waals surface area contributed by atoms with E-state index < -0.39 is 23.3 Å². The summed E-state index contributed by atoms with van der Waals surface area (Å²) in [5.41, 5.74) is 0.303. The first kappa shape index (κ1) is 19.0. The molecule has 5 heteroatoms. The van der Waals surface area contributed by atoms with Crippen LogP contribution in [-0.4, -0.2) is 17.8 Å². The van der Waals surface area contributed by atoms with Gasteiger partial charge in [0.15, 0.2) is 0 Å². The second-order valence-corrected chi connectivity index (χ2v) is 8.04. The van der Waals surface area contributed by atoms with Gasteiger partial charge in [-0.25, -0.2) is 4.79 Å². The van der Waals surface area contributed by atoms with Crippen molar-refractivity contribution in [2.24, 2.45) is 5.41 Å². The van der Waals surface area contributed by atoms with Crippen molar-refractivity contribution in [2.45, 2.75) is 12.8 Å². The Kier molecular flexibility index (Phi) is 4.51. The largest absolute Gasteiger partial charge is 0.328 e. The van der Waals surface area contributed by atoms with Crippen molar-refractivity contribution >= 4 is 39.4 Å². The molecule has 152 valence electrons. The van der Waals surface area contributed by atoms with Crippen molar-refractivity contribution in [1.82, 2.24) is 10.6 Å². The molecule has 1 saturated heterocycles. The zero-order chi connectivity index (χ0) is 21.4. The van der Waals surface area contributed by atoms with Crippen molar-refractivity contribution < 1.29 is 14.4 Å². The summed E-state index contributed by atoms with van der Waals surface area (Å²) in [6.07, 6.45) is 0.380. The second kappa shape index (κ2) is 7.36. The van der Waals surface area contributed by atoms with Gasteiger partial charge in [-0.2, -0.15) is 0 Å². The topological polar surface area (TPSA) is 75.3 Å². The summed E-state index contributed by atoms with van der Waals surface area (Å²) in [5.74, 6) is -1.13. The maximum atomic E-state index is 13.1. The molecule has 1 aliphatic heterocycles. The highest BCUT2D eigenvalue weighted by atomic mass is 16.2. The average molecular weight is 408 g/mol. The molecule has 0 spiro atoms. The highest BCUT2D eigenvalue weighted by Gasteiger charge is 2.50. The highest BCUT2D eigenvalue weighted by Crippen LogP contribution is 2.33. The zero-order valence-corrected chi connectivity index (χ0v) is 16.7. The van der Waals surface area contributed by atoms with Gasteiger partial charge >= 0.3 is 6.03 Å². The number of carbonyl (C=O) groups is 3. The normalized spacial score (nSPS) is 15.7. The van der Waals surface area contributed by atoms with Gasteiger partial charge in [0.2, 0.25) is 11.8 Å². The zero-order valence-electron chi connectivity index (χ0n) is 16.7. The molecule has 1 heterocycles. The Morgan fingerprint density at radius 1 is 0.548 bits per heavy atom. The van der Waals surface area contributed by atoms with Crippen LogP contribution in [0.5, 0.6) is 0 Å². The Balaban J connectivity index is 1.57. The van der Waals surface area contributed by atoms with Gasteiger partial charge in [-0.15, -0.1) is 0 Å². The van der Waals surface area contributed by atoms with E-state index in [0.717, 1.165) is 32.7 Å². The van der Waals surface area contributed by atoms with Crippen molar-refractivity contribution in [3.63, 3.8) is 0 Å². The number of hydrogen-bond donors (Lipinski definition) is 2. The molecule has 0 saturated carbocycles. The van der Waals surface area contributed by atoms with Crippen LogP contribution in [0.2, 0.25) is 0 Å². The lowest BCUT2D eigenvalue weighted by Gasteiger charge is -2.34. The molecule has 0 aromatic heterocycles. The lowest BCUT2D eigenvalue weighted by Crippen LogP contribution is -2.64. The van der Waals surface area contributed by atoms with Crippen LogP contribution in [0, 0.1) is 5.41 Å². The van der Waals surface area contributed by atoms with Crippen LogP contribution in [0.15, 0.2) is 84.9 Å². The quantitative estimate of drug-likeness (QED) is 0.499. The van der Waals surface area contributed by atoms with Crippen molar-refractivity contribution in [1.29, 1.82) is 0 Å². The van der Waals surface area contributed by atoms with E-state index in [4.69, 9.17) is 0 Å². The van der Waals surface area contributed by atoms with Crippen molar-refractivity contribution in [3.8, 4) is 0 Å². The van der Waals surface area contributed by atoms with Crippen LogP contribution in [0.4, 0.5) is 4.79 Å². The number of carbonyl (C=O) groups excluding carboxylic acids is 3. The van der Waals surface area contributed by atoms with E-state index in [0.29, 0.717) is 0 Å². The molecule has 4 aromatic carbocycles. The van der Waals surface area contributed by atoms with E-state index in [2.05, 4.69) is 10.6 Å². The number of rotatable bonds is 4. The van der Waals surface area contributed by atoms with Gasteiger partial charge in [0.05, 0.1) is 0 Å². The first-order valence-corrected chi connectivity index (χ1v) is 10.2. The third-order valence-electron chi connectivity index (χ3n) is 5.96. The molecular formula is C26H20N2O3. The Morgan fingerprint density at radius 3 is 1.42 bits per heavy atom. The maximum Gasteiger partial charge on any atom is 0.328 e. The van der Waals surface area contributed by atoms with Gasteiger partial charge in [-0.05, 0) is 45.5 Å². The molecule has 1 fully saturated rings. The first-order valence-electron chi connectivity index (χ1n) is 10.2. The molecule has 5 nitrogen and oxygen atoms in total. The minimum atomic E-state index is -1.42. The third kappa shape index (κ3) is 3.44. The minimum Gasteiger partial charge on any atom is -0.277 e. The molecule has 0 aliphatic carbocycles. The van der Waals surface area contributed by atoms with Gasteiger partial charge < -0.3 is 0 Å². The van der Waals surface area contributed by atoms with Crippen LogP contribution in [0.25, 0.3) is 21.5 Å². The molecule has 1 aliphatic rings. The van der Waals surface area contributed by atoms with Gasteiger partial charge in [-0.1, -0.05) is 84.9 Å². The third-order valence-corrected chi connectivity index (χ3v) is 5.96. The van der Waals surface area contributed by atoms with Gasteiger partial charge in [0.1, 0.15) is 5.41 Å². The molecule has 4 amide bonds. The number of nitrogens with one attached hydrogen (secondary N) is 2. The van der Waals surface area contributed by atoms with Gasteiger partial charge in [0.25, 0.3) is 0 Å². The Morgan fingerprint density at radius 2 is 0.968 bits per heavy atom. The van der Waals surface area contributed by atoms with Crippen molar-refractivity contribution in [2.75, 3.05) is 0 Å². The van der Waals surface area contributed by atoms with Crippen LogP contribution in [0.3, 0.4) is 0 Å². The molecule has 0 radical (unpaired) electrons. The lowest BCUT2D eigenvalue weighted by atomic mass is 9.73. The molecule has 4 aromatic rings. The average Bonchev–Trinajstić information content (AvgIpc) is 2.77. The van der Waals surface area contributed by atoms with Gasteiger partial charge in [0, 0.05) is 0 Å². The van der Waals surface area contributed by atoms with E-state index in [1.807, 2.05) is 84.9 Å². The maximum absolute atomic E-state index is 13.1. The fourth-order valence-electron chi connectivity index (χ4n) is 4.36. The number of hydrogen-bond acceptors (Lipinski definition) is 3. The van der Waals surface area contributed by atoms with E-state index in [-0.39, 0.29) is 12.8 Å². The number of fused-ring (bicyclic) bond motifs is 2. The van der Waals surface area contributed by atoms with Crippen LogP contribution in [-0.2, 0) is 22.4 Å². The molecule has 5 rings (SSSR count).